The number of imidazole rings is 3. The first-order valence-corrected chi connectivity index (χ1v) is 24.4. The molecule has 37 nitrogen and oxygen atoms in total. The summed E-state index contributed by atoms with van der Waals surface area (Å²) in [6.45, 7) is -3.06. The number of hydrogen-bond acceptors (Lipinski definition) is 30. The maximum Gasteiger partial charge on any atom is 0.472 e. The van der Waals surface area contributed by atoms with E-state index in [9.17, 15) is 53.7 Å². The smallest absolute Gasteiger partial charge is 0.387 e. The van der Waals surface area contributed by atoms with E-state index in [1.54, 1.807) is 0 Å². The molecular weight excluding hydrogens is 1010 g/mol. The highest BCUT2D eigenvalue weighted by Crippen LogP contribution is 2.53. The summed E-state index contributed by atoms with van der Waals surface area (Å²) in [4.78, 5) is 76.6. The minimum Gasteiger partial charge on any atom is -0.387 e. The molecule has 0 bridgehead atoms. The molecule has 0 aliphatic carbocycles. The number of rotatable bonds is 16. The summed E-state index contributed by atoms with van der Waals surface area (Å²) in [6.07, 6.45) is -18.7. The van der Waals surface area contributed by atoms with Crippen molar-refractivity contribution in [2.75, 3.05) is 54.2 Å². The monoisotopic (exact) mass is 1050 g/mol. The number of fused-ring (bicyclic) bond motifs is 3. The molecular formula is C30H41N18O19P3. The number of phosphoric acid groups is 3. The first kappa shape index (κ1) is 49.5. The lowest BCUT2D eigenvalue weighted by Gasteiger charge is -2.25. The van der Waals surface area contributed by atoms with Gasteiger partial charge in [-0.15, -0.1) is 0 Å². The van der Waals surface area contributed by atoms with Crippen molar-refractivity contribution in [2.24, 2.45) is 0 Å². The molecule has 14 atom stereocenters. The lowest BCUT2D eigenvalue weighted by Crippen LogP contribution is -2.37. The Morgan fingerprint density at radius 1 is 0.486 bits per heavy atom. The molecule has 70 heavy (non-hydrogen) atoms. The quantitative estimate of drug-likeness (QED) is 0.0405. The molecule has 0 radical (unpaired) electrons. The van der Waals surface area contributed by atoms with Gasteiger partial charge in [0.05, 0.1) is 19.8 Å². The van der Waals surface area contributed by atoms with Crippen molar-refractivity contribution in [1.82, 2.24) is 58.6 Å². The topological polar surface area (TPSA) is 574 Å². The van der Waals surface area contributed by atoms with Gasteiger partial charge in [-0.2, -0.15) is 0 Å². The van der Waals surface area contributed by atoms with Crippen LogP contribution in [0.25, 0.3) is 33.5 Å². The number of hydrogen-bond donors (Lipinski definition) is 14. The normalized spacial score (nSPS) is 30.2. The fourth-order valence-electron chi connectivity index (χ4n) is 7.89. The van der Waals surface area contributed by atoms with E-state index in [0.717, 1.165) is 32.7 Å². The van der Waals surface area contributed by atoms with Crippen LogP contribution in [0, 0.1) is 0 Å². The third kappa shape index (κ3) is 9.18. The van der Waals surface area contributed by atoms with E-state index in [4.69, 9.17) is 66.7 Å². The van der Waals surface area contributed by atoms with Crippen molar-refractivity contribution < 1.29 is 90.5 Å². The number of nitrogens with two attached hydrogens (primary N) is 6. The third-order valence-corrected chi connectivity index (χ3v) is 13.5. The highest BCUT2D eigenvalue weighted by atomic mass is 31.2. The van der Waals surface area contributed by atoms with E-state index in [2.05, 4.69) is 49.4 Å². The van der Waals surface area contributed by atoms with Gasteiger partial charge in [-0.05, 0) is 0 Å². The molecule has 0 amide bonds. The molecule has 40 heteroatoms. The summed E-state index contributed by atoms with van der Waals surface area (Å²) < 4.78 is 85.2. The van der Waals surface area contributed by atoms with Crippen molar-refractivity contribution in [3.8, 4) is 0 Å². The maximum absolute atomic E-state index is 13.7. The average Bonchev–Trinajstić information content (AvgIpc) is 4.11. The van der Waals surface area contributed by atoms with Crippen LogP contribution in [-0.2, 0) is 50.5 Å². The van der Waals surface area contributed by atoms with Crippen LogP contribution in [0.4, 0.5) is 35.3 Å². The van der Waals surface area contributed by atoms with Gasteiger partial charge in [0.2, 0.25) is 17.8 Å². The highest BCUT2D eigenvalue weighted by Gasteiger charge is 2.54. The molecule has 3 aliphatic rings. The van der Waals surface area contributed by atoms with Gasteiger partial charge < -0.3 is 88.6 Å². The van der Waals surface area contributed by atoms with Crippen molar-refractivity contribution >= 4 is 92.3 Å². The molecule has 3 fully saturated rings. The molecule has 20 N–H and O–H groups in total. The molecule has 6 unspecified atom stereocenters. The molecule has 380 valence electrons. The Balaban J connectivity index is 0.941. The zero-order chi connectivity index (χ0) is 50.4. The molecule has 0 aromatic carbocycles. The van der Waals surface area contributed by atoms with E-state index >= 15 is 0 Å². The Kier molecular flexibility index (Phi) is 12.9. The predicted molar refractivity (Wildman–Crippen MR) is 227 cm³/mol. The van der Waals surface area contributed by atoms with Crippen molar-refractivity contribution in [3.05, 3.63) is 19.0 Å². The summed E-state index contributed by atoms with van der Waals surface area (Å²) in [7, 11) is -16.1. The zero-order valence-electron chi connectivity index (χ0n) is 35.0. The minimum atomic E-state index is -5.53. The molecule has 3 aliphatic heterocycles. The molecule has 9 rings (SSSR count). The largest absolute Gasteiger partial charge is 0.472 e. The lowest BCUT2D eigenvalue weighted by atomic mass is 10.1. The Hall–Kier alpha value is -5.50. The maximum atomic E-state index is 13.7. The number of aromatic nitrogens is 12. The SMILES string of the molecule is Nc1ncnc2c1nc(N)n2C1O[C@H](COP(=O)(O)O[C@H]2C(n3c(N)nc4c(N)ncnc43)O[C@H](COP(=O)(O)O)[C@H]2O)[C@@H](O)C1OP(=O)(O)OC[C@H]1OC(n2c(N)nc3c(N)ncnc32)[C@H](O)[C@@H]1O. The van der Waals surface area contributed by atoms with Gasteiger partial charge >= 0.3 is 23.5 Å². The fraction of sp³-hybridized carbons (Fsp3) is 0.500. The number of nitrogen functional groups attached to an aromatic ring is 6. The average molecular weight is 1050 g/mol. The van der Waals surface area contributed by atoms with Gasteiger partial charge in [0.1, 0.15) is 73.9 Å². The van der Waals surface area contributed by atoms with Crippen LogP contribution in [0.15, 0.2) is 19.0 Å². The van der Waals surface area contributed by atoms with Crippen LogP contribution >= 0.6 is 23.5 Å². The second-order valence-corrected chi connectivity index (χ2v) is 19.5. The van der Waals surface area contributed by atoms with Crippen molar-refractivity contribution in [2.45, 2.75) is 73.6 Å². The predicted octanol–water partition coefficient (Wildman–Crippen LogP) is -4.75. The second-order valence-electron chi connectivity index (χ2n) is 15.4. The van der Waals surface area contributed by atoms with Gasteiger partial charge in [0.25, 0.3) is 0 Å². The summed E-state index contributed by atoms with van der Waals surface area (Å²) in [6, 6.07) is 0. The molecule has 6 aromatic rings. The van der Waals surface area contributed by atoms with Crippen LogP contribution in [-0.4, -0.2) is 173 Å². The van der Waals surface area contributed by atoms with E-state index in [0.29, 0.717) is 0 Å². The summed E-state index contributed by atoms with van der Waals surface area (Å²) in [5.41, 5.74) is 35.7. The number of phosphoric ester groups is 3. The van der Waals surface area contributed by atoms with Gasteiger partial charge in [0, 0.05) is 0 Å². The van der Waals surface area contributed by atoms with Gasteiger partial charge in [-0.3, -0.25) is 36.3 Å². The number of ether oxygens (including phenoxy) is 3. The molecule has 0 spiro atoms. The number of anilines is 6. The number of nitrogens with zero attached hydrogens (tertiary/aromatic N) is 12. The van der Waals surface area contributed by atoms with Gasteiger partial charge in [-0.1, -0.05) is 0 Å². The van der Waals surface area contributed by atoms with Crippen LogP contribution in [0.5, 0.6) is 0 Å². The zero-order valence-corrected chi connectivity index (χ0v) is 37.7. The summed E-state index contributed by atoms with van der Waals surface area (Å²) >= 11 is 0. The van der Waals surface area contributed by atoms with Crippen molar-refractivity contribution in [1.29, 1.82) is 0 Å². The first-order valence-electron chi connectivity index (χ1n) is 19.9. The summed E-state index contributed by atoms with van der Waals surface area (Å²) in [5, 5.41) is 44.7. The van der Waals surface area contributed by atoms with Gasteiger partial charge in [0.15, 0.2) is 69.6 Å². The van der Waals surface area contributed by atoms with Crippen LogP contribution < -0.4 is 34.4 Å². The first-order chi connectivity index (χ1) is 32.9. The standard InChI is InChI=1S/C30H41N18O19P3/c31-19-10-22(40-4-37-19)46(28(34)43-10)25-16(52)13(49)7(63-25)2-61-69(56,57)67-18-15(51)9(65-27(18)48-24-12(45-30(48)36)21(33)39-6-42-24)3-62-70(58,59)66-17-14(50)8(1-60-68(53,54)55)64-26(17)47-23-11(44-29(47)35)20(32)38-5-41-23/h4-9,13-18,25-27,49-52H,1-3H2,(H2,34,43)(H2,35,44)(H2,36,45)(H,56,57)(H,58,59)(H2,31,37,40)(H2,32,38,41)(H2,33,39,42)(H2,53,54,55)/t7-,8-,9-,13-,14-,15-,16-,17-,18?,25?,26?,27?/m1/s1. The Labute approximate surface area is 387 Å². The Morgan fingerprint density at radius 2 is 0.814 bits per heavy atom. The van der Waals surface area contributed by atoms with E-state index in [1.165, 1.54) is 0 Å². The Morgan fingerprint density at radius 3 is 1.19 bits per heavy atom. The van der Waals surface area contributed by atoms with Crippen LogP contribution in [0.3, 0.4) is 0 Å². The van der Waals surface area contributed by atoms with Crippen LogP contribution in [0.2, 0.25) is 0 Å². The van der Waals surface area contributed by atoms with E-state index in [1.807, 2.05) is 0 Å². The molecule has 3 saturated heterocycles. The Bertz CT molecular complexity index is 3110. The van der Waals surface area contributed by atoms with E-state index in [-0.39, 0.29) is 56.9 Å². The lowest BCUT2D eigenvalue weighted by molar-refractivity contribution is -0.0634. The van der Waals surface area contributed by atoms with Crippen molar-refractivity contribution in [3.63, 3.8) is 0 Å². The highest BCUT2D eigenvalue weighted by molar-refractivity contribution is 7.47. The van der Waals surface area contributed by atoms with E-state index < -0.39 is 129 Å². The number of aliphatic hydroxyl groups excluding tert-OH is 4. The summed E-state index contributed by atoms with van der Waals surface area (Å²) in [5.74, 6) is -1.46. The van der Waals surface area contributed by atoms with Crippen LogP contribution in [0.1, 0.15) is 18.7 Å². The molecule has 9 heterocycles. The fourth-order valence-corrected chi connectivity index (χ4v) is 10.1. The molecule has 0 saturated carbocycles. The van der Waals surface area contributed by atoms with Gasteiger partial charge in [-0.25, -0.2) is 58.6 Å². The second kappa shape index (κ2) is 18.3. The third-order valence-electron chi connectivity index (χ3n) is 11.0. The minimum absolute atomic E-state index is 0.0187. The number of aliphatic hydroxyl groups is 4. The molecule has 6 aromatic heterocycles.